The van der Waals surface area contributed by atoms with Gasteiger partial charge in [0.15, 0.2) is 0 Å². The maximum Gasteiger partial charge on any atom is 0.234 e. The molecule has 1 atom stereocenters. The van der Waals surface area contributed by atoms with Gasteiger partial charge in [-0.15, -0.1) is 0 Å². The molecular weight excluding hydrogens is 228 g/mol. The van der Waals surface area contributed by atoms with Crippen molar-refractivity contribution in [2.24, 2.45) is 0 Å². The molecule has 0 aliphatic heterocycles. The van der Waals surface area contributed by atoms with Gasteiger partial charge < -0.3 is 10.4 Å². The Bertz CT molecular complexity index is 240. The van der Waals surface area contributed by atoms with Gasteiger partial charge in [0.1, 0.15) is 0 Å². The molecule has 0 radical (unpaired) electrons. The molecule has 4 heteroatoms. The Morgan fingerprint density at radius 1 is 1.39 bits per heavy atom. The second-order valence-electron chi connectivity index (χ2n) is 5.36. The fourth-order valence-electron chi connectivity index (χ4n) is 2.57. The fourth-order valence-corrected chi connectivity index (χ4v) is 2.57. The van der Waals surface area contributed by atoms with Gasteiger partial charge in [-0.3, -0.25) is 9.69 Å². The number of carbonyl (C=O) groups is 1. The molecule has 2 N–H and O–H groups in total. The summed E-state index contributed by atoms with van der Waals surface area (Å²) in [7, 11) is 0. The predicted molar refractivity (Wildman–Crippen MR) is 73.4 cm³/mol. The maximum atomic E-state index is 11.9. The average molecular weight is 256 g/mol. The van der Waals surface area contributed by atoms with Gasteiger partial charge in [0.25, 0.3) is 0 Å². The predicted octanol–water partition coefficient (Wildman–Crippen LogP) is 1.53. The average Bonchev–Trinajstić information content (AvgIpc) is 2.39. The van der Waals surface area contributed by atoms with E-state index in [1.165, 1.54) is 19.3 Å². The van der Waals surface area contributed by atoms with Crippen LogP contribution in [-0.2, 0) is 4.79 Å². The minimum atomic E-state index is 0.0865. The molecule has 0 heterocycles. The van der Waals surface area contributed by atoms with E-state index in [0.29, 0.717) is 19.1 Å². The standard InChI is InChI=1S/C14H28N2O2/c1-3-12(2)15-14(18)11-16(9-10-17)13-7-5-4-6-8-13/h12-13,17H,3-11H2,1-2H3,(H,15,18). The highest BCUT2D eigenvalue weighted by Crippen LogP contribution is 2.22. The molecule has 0 bridgehead atoms. The van der Waals surface area contributed by atoms with E-state index >= 15 is 0 Å². The Hall–Kier alpha value is -0.610. The fraction of sp³-hybridized carbons (Fsp3) is 0.929. The summed E-state index contributed by atoms with van der Waals surface area (Å²) in [6, 6.07) is 0.716. The monoisotopic (exact) mass is 256 g/mol. The van der Waals surface area contributed by atoms with E-state index in [4.69, 9.17) is 5.11 Å². The van der Waals surface area contributed by atoms with E-state index in [1.54, 1.807) is 0 Å². The summed E-state index contributed by atoms with van der Waals surface area (Å²) in [6.07, 6.45) is 7.09. The molecule has 1 saturated carbocycles. The third-order valence-electron chi connectivity index (χ3n) is 3.84. The van der Waals surface area contributed by atoms with Crippen LogP contribution in [0.25, 0.3) is 0 Å². The highest BCUT2D eigenvalue weighted by Gasteiger charge is 2.22. The SMILES string of the molecule is CCC(C)NC(=O)CN(CCO)C1CCCCC1. The van der Waals surface area contributed by atoms with Gasteiger partial charge in [-0.25, -0.2) is 0 Å². The number of hydrogen-bond donors (Lipinski definition) is 2. The minimum Gasteiger partial charge on any atom is -0.395 e. The van der Waals surface area contributed by atoms with Crippen LogP contribution in [0.4, 0.5) is 0 Å². The number of hydrogen-bond acceptors (Lipinski definition) is 3. The molecule has 1 rings (SSSR count). The van der Waals surface area contributed by atoms with Gasteiger partial charge >= 0.3 is 0 Å². The molecule has 1 aliphatic rings. The normalized spacial score (nSPS) is 18.9. The van der Waals surface area contributed by atoms with Crippen molar-refractivity contribution in [3.05, 3.63) is 0 Å². The lowest BCUT2D eigenvalue weighted by Crippen LogP contribution is -2.46. The van der Waals surface area contributed by atoms with E-state index in [-0.39, 0.29) is 18.6 Å². The number of nitrogens with zero attached hydrogens (tertiary/aromatic N) is 1. The van der Waals surface area contributed by atoms with E-state index in [2.05, 4.69) is 17.1 Å². The summed E-state index contributed by atoms with van der Waals surface area (Å²) in [5.74, 6) is 0.0865. The van der Waals surface area contributed by atoms with Crippen LogP contribution in [0.2, 0.25) is 0 Å². The van der Waals surface area contributed by atoms with Gasteiger partial charge in [-0.05, 0) is 26.2 Å². The molecule has 18 heavy (non-hydrogen) atoms. The Morgan fingerprint density at radius 2 is 2.06 bits per heavy atom. The number of nitrogens with one attached hydrogen (secondary N) is 1. The van der Waals surface area contributed by atoms with Crippen LogP contribution in [0.3, 0.4) is 0 Å². The van der Waals surface area contributed by atoms with Crippen molar-refractivity contribution in [2.45, 2.75) is 64.5 Å². The van der Waals surface area contributed by atoms with Crippen LogP contribution >= 0.6 is 0 Å². The van der Waals surface area contributed by atoms with Gasteiger partial charge in [0.2, 0.25) is 5.91 Å². The van der Waals surface area contributed by atoms with Gasteiger partial charge in [0.05, 0.1) is 13.2 Å². The number of aliphatic hydroxyl groups is 1. The third-order valence-corrected chi connectivity index (χ3v) is 3.84. The lowest BCUT2D eigenvalue weighted by atomic mass is 9.94. The molecule has 0 aromatic carbocycles. The molecular formula is C14H28N2O2. The minimum absolute atomic E-state index is 0.0865. The molecule has 1 amide bonds. The van der Waals surface area contributed by atoms with E-state index in [1.807, 2.05) is 6.92 Å². The van der Waals surface area contributed by atoms with Crippen molar-refractivity contribution < 1.29 is 9.90 Å². The summed E-state index contributed by atoms with van der Waals surface area (Å²) in [6.45, 7) is 5.26. The first-order valence-electron chi connectivity index (χ1n) is 7.31. The van der Waals surface area contributed by atoms with Crippen LogP contribution in [0.5, 0.6) is 0 Å². The zero-order chi connectivity index (χ0) is 13.4. The third kappa shape index (κ3) is 5.36. The molecule has 1 fully saturated rings. The Kier molecular flexibility index (Phi) is 7.28. The molecule has 1 aliphatic carbocycles. The lowest BCUT2D eigenvalue weighted by molar-refractivity contribution is -0.123. The summed E-state index contributed by atoms with van der Waals surface area (Å²) >= 11 is 0. The Balaban J connectivity index is 2.43. The number of aliphatic hydroxyl groups excluding tert-OH is 1. The zero-order valence-corrected chi connectivity index (χ0v) is 11.8. The quantitative estimate of drug-likeness (QED) is 0.726. The Labute approximate surface area is 111 Å². The van der Waals surface area contributed by atoms with Crippen LogP contribution in [-0.4, -0.2) is 47.7 Å². The summed E-state index contributed by atoms with van der Waals surface area (Å²) in [5, 5.41) is 12.1. The van der Waals surface area contributed by atoms with E-state index < -0.39 is 0 Å². The van der Waals surface area contributed by atoms with Gasteiger partial charge in [-0.2, -0.15) is 0 Å². The first kappa shape index (κ1) is 15.4. The summed E-state index contributed by atoms with van der Waals surface area (Å²) < 4.78 is 0. The maximum absolute atomic E-state index is 11.9. The molecule has 0 saturated heterocycles. The second kappa shape index (κ2) is 8.48. The van der Waals surface area contributed by atoms with Crippen molar-refractivity contribution >= 4 is 5.91 Å². The van der Waals surface area contributed by atoms with Crippen LogP contribution in [0, 0.1) is 0 Å². The van der Waals surface area contributed by atoms with Crippen molar-refractivity contribution in [1.82, 2.24) is 10.2 Å². The summed E-state index contributed by atoms with van der Waals surface area (Å²) in [4.78, 5) is 14.1. The molecule has 0 spiro atoms. The highest BCUT2D eigenvalue weighted by molar-refractivity contribution is 5.78. The number of amides is 1. The molecule has 0 aromatic heterocycles. The summed E-state index contributed by atoms with van der Waals surface area (Å²) in [5.41, 5.74) is 0. The molecule has 4 nitrogen and oxygen atoms in total. The zero-order valence-electron chi connectivity index (χ0n) is 11.8. The number of rotatable bonds is 7. The second-order valence-corrected chi connectivity index (χ2v) is 5.36. The molecule has 1 unspecified atom stereocenters. The molecule has 106 valence electrons. The van der Waals surface area contributed by atoms with Crippen molar-refractivity contribution in [1.29, 1.82) is 0 Å². The largest absolute Gasteiger partial charge is 0.395 e. The highest BCUT2D eigenvalue weighted by atomic mass is 16.3. The first-order chi connectivity index (χ1) is 8.67. The topological polar surface area (TPSA) is 52.6 Å². The van der Waals surface area contributed by atoms with Crippen molar-refractivity contribution in [3.63, 3.8) is 0 Å². The lowest BCUT2D eigenvalue weighted by Gasteiger charge is -2.33. The van der Waals surface area contributed by atoms with Crippen molar-refractivity contribution in [2.75, 3.05) is 19.7 Å². The van der Waals surface area contributed by atoms with E-state index in [0.717, 1.165) is 19.3 Å². The van der Waals surface area contributed by atoms with Gasteiger partial charge in [-0.1, -0.05) is 26.2 Å². The smallest absolute Gasteiger partial charge is 0.234 e. The Morgan fingerprint density at radius 3 is 2.61 bits per heavy atom. The van der Waals surface area contributed by atoms with E-state index in [9.17, 15) is 4.79 Å². The first-order valence-corrected chi connectivity index (χ1v) is 7.31. The van der Waals surface area contributed by atoms with Gasteiger partial charge in [0, 0.05) is 18.6 Å². The molecule has 0 aromatic rings. The van der Waals surface area contributed by atoms with Crippen molar-refractivity contribution in [3.8, 4) is 0 Å². The van der Waals surface area contributed by atoms with Crippen LogP contribution in [0.15, 0.2) is 0 Å². The van der Waals surface area contributed by atoms with Crippen LogP contribution in [0.1, 0.15) is 52.4 Å². The van der Waals surface area contributed by atoms with Crippen LogP contribution < -0.4 is 5.32 Å². The number of carbonyl (C=O) groups excluding carboxylic acids is 1.